The third-order valence-corrected chi connectivity index (χ3v) is 7.20. The molecule has 1 heterocycles. The molecular formula is C14H24N2O3S2. The summed E-state index contributed by atoms with van der Waals surface area (Å²) < 4.78 is 32.4. The summed E-state index contributed by atoms with van der Waals surface area (Å²) in [5.41, 5.74) is 0. The molecule has 1 fully saturated rings. The highest BCUT2D eigenvalue weighted by atomic mass is 32.2. The fraction of sp³-hybridized carbons (Fsp3) is 0.714. The zero-order valence-electron chi connectivity index (χ0n) is 12.8. The van der Waals surface area contributed by atoms with Crippen LogP contribution in [0.3, 0.4) is 0 Å². The molecule has 1 atom stereocenters. The summed E-state index contributed by atoms with van der Waals surface area (Å²) in [6.45, 7) is 5.32. The highest BCUT2D eigenvalue weighted by molar-refractivity contribution is 7.91. The van der Waals surface area contributed by atoms with Crippen LogP contribution in [0, 0.1) is 0 Å². The van der Waals surface area contributed by atoms with Crippen LogP contribution in [0.25, 0.3) is 0 Å². The van der Waals surface area contributed by atoms with E-state index in [9.17, 15) is 8.42 Å². The molecule has 1 N–H and O–H groups in total. The molecule has 1 unspecified atom stereocenters. The molecule has 0 amide bonds. The maximum Gasteiger partial charge on any atom is 0.252 e. The lowest BCUT2D eigenvalue weighted by molar-refractivity contribution is 0.143. The number of likely N-dealkylation sites (N-methyl/N-ethyl adjacent to an activating group) is 1. The molecule has 0 bridgehead atoms. The Bertz CT molecular complexity index is 552. The highest BCUT2D eigenvalue weighted by Crippen LogP contribution is 2.27. The van der Waals surface area contributed by atoms with E-state index >= 15 is 0 Å². The van der Waals surface area contributed by atoms with Gasteiger partial charge in [0.05, 0.1) is 6.61 Å². The lowest BCUT2D eigenvalue weighted by Crippen LogP contribution is -2.40. The molecular weight excluding hydrogens is 308 g/mol. The van der Waals surface area contributed by atoms with E-state index in [2.05, 4.69) is 5.32 Å². The SMILES string of the molecule is CCN(C(C)COC)S(=O)(=O)c1ccc(CNC2CC2)s1. The van der Waals surface area contributed by atoms with Crippen LogP contribution in [0.4, 0.5) is 0 Å². The van der Waals surface area contributed by atoms with Crippen molar-refractivity contribution in [3.8, 4) is 0 Å². The third-order valence-electron chi connectivity index (χ3n) is 3.55. The van der Waals surface area contributed by atoms with Crippen LogP contribution in [0.15, 0.2) is 16.3 Å². The fourth-order valence-corrected chi connectivity index (χ4v) is 5.34. The largest absolute Gasteiger partial charge is 0.383 e. The van der Waals surface area contributed by atoms with Crippen LogP contribution in [0.5, 0.6) is 0 Å². The van der Waals surface area contributed by atoms with Gasteiger partial charge in [-0.25, -0.2) is 8.42 Å². The zero-order chi connectivity index (χ0) is 15.5. The first-order valence-electron chi connectivity index (χ1n) is 7.32. The second kappa shape index (κ2) is 7.19. The number of rotatable bonds is 9. The lowest BCUT2D eigenvalue weighted by Gasteiger charge is -2.25. The Morgan fingerprint density at radius 2 is 2.19 bits per heavy atom. The number of methoxy groups -OCH3 is 1. The van der Waals surface area contributed by atoms with Crippen molar-refractivity contribution in [1.29, 1.82) is 0 Å². The number of hydrogen-bond donors (Lipinski definition) is 1. The monoisotopic (exact) mass is 332 g/mol. The van der Waals surface area contributed by atoms with Gasteiger partial charge in [-0.2, -0.15) is 4.31 Å². The molecule has 0 spiro atoms. The molecule has 0 aromatic carbocycles. The molecule has 1 saturated carbocycles. The van der Waals surface area contributed by atoms with Gasteiger partial charge in [-0.15, -0.1) is 11.3 Å². The summed E-state index contributed by atoms with van der Waals surface area (Å²) in [4.78, 5) is 1.07. The van der Waals surface area contributed by atoms with E-state index < -0.39 is 10.0 Å². The van der Waals surface area contributed by atoms with Gasteiger partial charge in [0.15, 0.2) is 0 Å². The smallest absolute Gasteiger partial charge is 0.252 e. The van der Waals surface area contributed by atoms with E-state index in [1.54, 1.807) is 13.2 Å². The van der Waals surface area contributed by atoms with Crippen LogP contribution >= 0.6 is 11.3 Å². The Balaban J connectivity index is 2.09. The van der Waals surface area contributed by atoms with Crippen LogP contribution in [-0.4, -0.2) is 45.1 Å². The average Bonchev–Trinajstić information content (AvgIpc) is 3.13. The summed E-state index contributed by atoms with van der Waals surface area (Å²) in [6.07, 6.45) is 2.46. The van der Waals surface area contributed by atoms with Crippen LogP contribution in [0.2, 0.25) is 0 Å². The molecule has 0 saturated heterocycles. The van der Waals surface area contributed by atoms with Gasteiger partial charge >= 0.3 is 0 Å². The van der Waals surface area contributed by atoms with Crippen molar-refractivity contribution in [3.63, 3.8) is 0 Å². The van der Waals surface area contributed by atoms with E-state index in [1.807, 2.05) is 19.9 Å². The van der Waals surface area contributed by atoms with Gasteiger partial charge in [0, 0.05) is 37.2 Å². The first-order chi connectivity index (χ1) is 9.98. The van der Waals surface area contributed by atoms with Gasteiger partial charge in [-0.05, 0) is 31.9 Å². The normalized spacial score (nSPS) is 17.3. The molecule has 1 aromatic rings. The van der Waals surface area contributed by atoms with Crippen molar-refractivity contribution >= 4 is 21.4 Å². The van der Waals surface area contributed by atoms with Crippen LogP contribution in [0.1, 0.15) is 31.6 Å². The van der Waals surface area contributed by atoms with Crippen molar-refractivity contribution in [2.45, 2.75) is 49.5 Å². The molecule has 5 nitrogen and oxygen atoms in total. The second-order valence-electron chi connectivity index (χ2n) is 5.39. The quantitative estimate of drug-likeness (QED) is 0.752. The summed E-state index contributed by atoms with van der Waals surface area (Å²) in [5, 5.41) is 3.41. The Kier molecular flexibility index (Phi) is 5.79. The molecule has 1 aromatic heterocycles. The molecule has 0 aliphatic heterocycles. The minimum absolute atomic E-state index is 0.167. The Labute approximate surface area is 131 Å². The van der Waals surface area contributed by atoms with Gasteiger partial charge in [-0.1, -0.05) is 6.92 Å². The van der Waals surface area contributed by atoms with Crippen molar-refractivity contribution < 1.29 is 13.2 Å². The Morgan fingerprint density at radius 3 is 2.76 bits per heavy atom. The van der Waals surface area contributed by atoms with Gasteiger partial charge in [0.1, 0.15) is 4.21 Å². The molecule has 1 aliphatic rings. The Hall–Kier alpha value is -0.470. The fourth-order valence-electron chi connectivity index (χ4n) is 2.28. The predicted molar refractivity (Wildman–Crippen MR) is 85.1 cm³/mol. The maximum atomic E-state index is 12.7. The van der Waals surface area contributed by atoms with Crippen molar-refractivity contribution in [2.24, 2.45) is 0 Å². The average molecular weight is 332 g/mol. The number of thiophene rings is 1. The molecule has 0 radical (unpaired) electrons. The van der Waals surface area contributed by atoms with Crippen molar-refractivity contribution in [1.82, 2.24) is 9.62 Å². The molecule has 21 heavy (non-hydrogen) atoms. The van der Waals surface area contributed by atoms with Gasteiger partial charge < -0.3 is 10.1 Å². The molecule has 120 valence electrons. The van der Waals surface area contributed by atoms with Crippen LogP contribution < -0.4 is 5.32 Å². The minimum atomic E-state index is -3.43. The van der Waals surface area contributed by atoms with Gasteiger partial charge in [0.25, 0.3) is 10.0 Å². The number of ether oxygens (including phenoxy) is 1. The van der Waals surface area contributed by atoms with Crippen molar-refractivity contribution in [2.75, 3.05) is 20.3 Å². The van der Waals surface area contributed by atoms with E-state index in [1.165, 1.54) is 28.5 Å². The van der Waals surface area contributed by atoms with E-state index in [0.717, 1.165) is 11.4 Å². The van der Waals surface area contributed by atoms with E-state index in [-0.39, 0.29) is 6.04 Å². The number of nitrogens with zero attached hydrogens (tertiary/aromatic N) is 1. The third kappa shape index (κ3) is 4.26. The number of nitrogens with one attached hydrogen (secondary N) is 1. The van der Waals surface area contributed by atoms with E-state index in [4.69, 9.17) is 4.74 Å². The van der Waals surface area contributed by atoms with E-state index in [0.29, 0.717) is 23.4 Å². The highest BCUT2D eigenvalue weighted by Gasteiger charge is 2.29. The van der Waals surface area contributed by atoms with Gasteiger partial charge in [0.2, 0.25) is 0 Å². The zero-order valence-corrected chi connectivity index (χ0v) is 14.5. The van der Waals surface area contributed by atoms with Gasteiger partial charge in [-0.3, -0.25) is 0 Å². The molecule has 2 rings (SSSR count). The first-order valence-corrected chi connectivity index (χ1v) is 9.57. The Morgan fingerprint density at radius 1 is 1.48 bits per heavy atom. The summed E-state index contributed by atoms with van der Waals surface area (Å²) in [7, 11) is -1.84. The second-order valence-corrected chi connectivity index (χ2v) is 8.67. The minimum Gasteiger partial charge on any atom is -0.383 e. The van der Waals surface area contributed by atoms with Crippen molar-refractivity contribution in [3.05, 3.63) is 17.0 Å². The summed E-state index contributed by atoms with van der Waals surface area (Å²) in [5.74, 6) is 0. The van der Waals surface area contributed by atoms with Crippen LogP contribution in [-0.2, 0) is 21.3 Å². The predicted octanol–water partition coefficient (Wildman–Crippen LogP) is 2.05. The summed E-state index contributed by atoms with van der Waals surface area (Å²) >= 11 is 1.36. The topological polar surface area (TPSA) is 58.6 Å². The molecule has 7 heteroatoms. The number of hydrogen-bond acceptors (Lipinski definition) is 5. The summed E-state index contributed by atoms with van der Waals surface area (Å²) in [6, 6.07) is 4.08. The standard InChI is InChI=1S/C14H24N2O3S2/c1-4-16(11(2)10-19-3)21(17,18)14-8-7-13(20-14)9-15-12-5-6-12/h7-8,11-12,15H,4-6,9-10H2,1-3H3. The first kappa shape index (κ1) is 16.9. The number of sulfonamides is 1. The lowest BCUT2D eigenvalue weighted by atomic mass is 10.4. The molecule has 1 aliphatic carbocycles. The maximum absolute atomic E-state index is 12.7.